The van der Waals surface area contributed by atoms with E-state index in [0.29, 0.717) is 11.5 Å². The number of halogens is 3. The quantitative estimate of drug-likeness (QED) is 0.257. The number of rotatable bonds is 6. The summed E-state index contributed by atoms with van der Waals surface area (Å²) in [6.07, 6.45) is -5.10. The van der Waals surface area contributed by atoms with E-state index in [1.165, 1.54) is 30.3 Å². The standard InChI is InChI=1S/C26H22F3NO6/c1-14(2)34-18-8-4-6-16(12-18)23(31)21-22(20-11-10-15(3)35-20)30(25(33)24(21)32)17-7-5-9-19(13-17)36-26(27,28)29/h4-14,22,31H,1-3H3/b23-21-. The number of anilines is 1. The van der Waals surface area contributed by atoms with Crippen LogP contribution in [0.3, 0.4) is 0 Å². The normalized spacial score (nSPS) is 17.6. The number of carbonyl (C=O) groups is 2. The van der Waals surface area contributed by atoms with Crippen LogP contribution in [0, 0.1) is 6.92 Å². The third-order valence-corrected chi connectivity index (χ3v) is 5.28. The van der Waals surface area contributed by atoms with Crippen molar-refractivity contribution in [2.45, 2.75) is 39.3 Å². The average Bonchev–Trinajstić information content (AvgIpc) is 3.33. The summed E-state index contributed by atoms with van der Waals surface area (Å²) in [5.41, 5.74) is -0.111. The minimum Gasteiger partial charge on any atom is -0.507 e. The van der Waals surface area contributed by atoms with Gasteiger partial charge in [-0.15, -0.1) is 13.2 Å². The van der Waals surface area contributed by atoms with Gasteiger partial charge in [0.1, 0.15) is 34.8 Å². The number of furan rings is 1. The number of aliphatic hydroxyl groups is 1. The highest BCUT2D eigenvalue weighted by atomic mass is 19.4. The summed E-state index contributed by atoms with van der Waals surface area (Å²) in [5.74, 6) is -2.08. The number of Topliss-reactive ketones (excluding diaryl/α,β-unsaturated/α-hetero) is 1. The fourth-order valence-electron chi connectivity index (χ4n) is 3.94. The van der Waals surface area contributed by atoms with Gasteiger partial charge in [0.2, 0.25) is 0 Å². The molecule has 0 radical (unpaired) electrons. The molecule has 1 aliphatic heterocycles. The van der Waals surface area contributed by atoms with Crippen molar-refractivity contribution in [2.75, 3.05) is 4.90 Å². The fraction of sp³-hybridized carbons (Fsp3) is 0.231. The van der Waals surface area contributed by atoms with Gasteiger partial charge in [-0.25, -0.2) is 0 Å². The molecule has 0 spiro atoms. The van der Waals surface area contributed by atoms with E-state index in [0.717, 1.165) is 17.0 Å². The van der Waals surface area contributed by atoms with E-state index in [-0.39, 0.29) is 28.7 Å². The number of hydrogen-bond acceptors (Lipinski definition) is 6. The zero-order valence-corrected chi connectivity index (χ0v) is 19.5. The molecule has 0 bridgehead atoms. The predicted molar refractivity (Wildman–Crippen MR) is 124 cm³/mol. The van der Waals surface area contributed by atoms with Gasteiger partial charge in [-0.1, -0.05) is 18.2 Å². The lowest BCUT2D eigenvalue weighted by Gasteiger charge is -2.24. The van der Waals surface area contributed by atoms with Crippen LogP contribution >= 0.6 is 0 Å². The Morgan fingerprint density at radius 2 is 1.72 bits per heavy atom. The molecule has 1 fully saturated rings. The Morgan fingerprint density at radius 1 is 1.03 bits per heavy atom. The highest BCUT2D eigenvalue weighted by Gasteiger charge is 2.48. The number of carbonyl (C=O) groups excluding carboxylic acids is 2. The maximum absolute atomic E-state index is 13.2. The molecule has 188 valence electrons. The SMILES string of the molecule is Cc1ccc(C2/C(=C(/O)c3cccc(OC(C)C)c3)C(=O)C(=O)N2c2cccc(OC(F)(F)F)c2)o1. The Balaban J connectivity index is 1.86. The summed E-state index contributed by atoms with van der Waals surface area (Å²) >= 11 is 0. The summed E-state index contributed by atoms with van der Waals surface area (Å²) in [5, 5.41) is 11.2. The van der Waals surface area contributed by atoms with Crippen molar-refractivity contribution >= 4 is 23.1 Å². The average molecular weight is 501 g/mol. The molecule has 2 heterocycles. The van der Waals surface area contributed by atoms with Crippen LogP contribution in [0.25, 0.3) is 5.76 Å². The molecule has 2 aromatic carbocycles. The van der Waals surface area contributed by atoms with Crippen LogP contribution in [0.2, 0.25) is 0 Å². The monoisotopic (exact) mass is 501 g/mol. The maximum atomic E-state index is 13.2. The van der Waals surface area contributed by atoms with Gasteiger partial charge in [0.25, 0.3) is 11.7 Å². The van der Waals surface area contributed by atoms with Crippen molar-refractivity contribution in [3.05, 3.63) is 83.3 Å². The molecular weight excluding hydrogens is 479 g/mol. The molecule has 7 nitrogen and oxygen atoms in total. The number of aryl methyl sites for hydroxylation is 1. The molecule has 1 unspecified atom stereocenters. The van der Waals surface area contributed by atoms with Crippen LogP contribution in [0.5, 0.6) is 11.5 Å². The summed E-state index contributed by atoms with van der Waals surface area (Å²) in [7, 11) is 0. The Hall–Kier alpha value is -4.21. The molecule has 3 aromatic rings. The molecule has 4 rings (SSSR count). The number of ketones is 1. The van der Waals surface area contributed by atoms with Gasteiger partial charge in [0.05, 0.1) is 11.7 Å². The first-order chi connectivity index (χ1) is 16.9. The molecule has 1 aromatic heterocycles. The van der Waals surface area contributed by atoms with Crippen LogP contribution < -0.4 is 14.4 Å². The fourth-order valence-corrected chi connectivity index (χ4v) is 3.94. The van der Waals surface area contributed by atoms with E-state index in [4.69, 9.17) is 9.15 Å². The predicted octanol–water partition coefficient (Wildman–Crippen LogP) is 5.90. The molecular formula is C26H22F3NO6. The number of hydrogen-bond donors (Lipinski definition) is 1. The molecule has 1 N–H and O–H groups in total. The maximum Gasteiger partial charge on any atom is 0.573 e. The number of nitrogens with zero attached hydrogens (tertiary/aromatic N) is 1. The lowest BCUT2D eigenvalue weighted by Crippen LogP contribution is -2.29. The van der Waals surface area contributed by atoms with E-state index in [1.807, 2.05) is 13.8 Å². The molecule has 1 aliphatic rings. The number of amides is 1. The van der Waals surface area contributed by atoms with Gasteiger partial charge in [0, 0.05) is 17.3 Å². The first kappa shape index (κ1) is 24.9. The molecule has 10 heteroatoms. The minimum atomic E-state index is -4.95. The van der Waals surface area contributed by atoms with Crippen LogP contribution in [-0.4, -0.2) is 29.3 Å². The van der Waals surface area contributed by atoms with E-state index in [1.54, 1.807) is 25.1 Å². The minimum absolute atomic E-state index is 0.0474. The first-order valence-electron chi connectivity index (χ1n) is 10.9. The van der Waals surface area contributed by atoms with Crippen LogP contribution in [0.15, 0.2) is 70.7 Å². The van der Waals surface area contributed by atoms with Crippen molar-refractivity contribution < 1.29 is 41.8 Å². The van der Waals surface area contributed by atoms with Gasteiger partial charge >= 0.3 is 6.36 Å². The van der Waals surface area contributed by atoms with Crippen molar-refractivity contribution in [1.82, 2.24) is 0 Å². The van der Waals surface area contributed by atoms with Gasteiger partial charge in [-0.3, -0.25) is 14.5 Å². The Morgan fingerprint density at radius 3 is 2.36 bits per heavy atom. The van der Waals surface area contributed by atoms with E-state index < -0.39 is 35.6 Å². The molecule has 1 amide bonds. The zero-order chi connectivity index (χ0) is 26.2. The van der Waals surface area contributed by atoms with Gasteiger partial charge < -0.3 is 19.0 Å². The lowest BCUT2D eigenvalue weighted by atomic mass is 9.99. The van der Waals surface area contributed by atoms with Crippen molar-refractivity contribution in [3.63, 3.8) is 0 Å². The highest BCUT2D eigenvalue weighted by molar-refractivity contribution is 6.51. The Kier molecular flexibility index (Phi) is 6.53. The van der Waals surface area contributed by atoms with Crippen molar-refractivity contribution in [3.8, 4) is 11.5 Å². The molecule has 36 heavy (non-hydrogen) atoms. The van der Waals surface area contributed by atoms with Gasteiger partial charge in [0.15, 0.2) is 0 Å². The highest BCUT2D eigenvalue weighted by Crippen LogP contribution is 2.43. The van der Waals surface area contributed by atoms with E-state index in [9.17, 15) is 27.9 Å². The van der Waals surface area contributed by atoms with Gasteiger partial charge in [-0.05, 0) is 57.2 Å². The third kappa shape index (κ3) is 5.07. The zero-order valence-electron chi connectivity index (χ0n) is 19.5. The second kappa shape index (κ2) is 9.44. The molecule has 0 aliphatic carbocycles. The first-order valence-corrected chi connectivity index (χ1v) is 10.9. The third-order valence-electron chi connectivity index (χ3n) is 5.28. The number of alkyl halides is 3. The Labute approximate surface area is 204 Å². The largest absolute Gasteiger partial charge is 0.573 e. The summed E-state index contributed by atoms with van der Waals surface area (Å²) in [6, 6.07) is 12.9. The summed E-state index contributed by atoms with van der Waals surface area (Å²) < 4.78 is 53.7. The second-order valence-corrected chi connectivity index (χ2v) is 8.36. The van der Waals surface area contributed by atoms with Crippen molar-refractivity contribution in [1.29, 1.82) is 0 Å². The van der Waals surface area contributed by atoms with E-state index >= 15 is 0 Å². The summed E-state index contributed by atoms with van der Waals surface area (Å²) in [6.45, 7) is 5.31. The molecule has 1 atom stereocenters. The summed E-state index contributed by atoms with van der Waals surface area (Å²) in [4.78, 5) is 27.3. The molecule has 0 saturated carbocycles. The smallest absolute Gasteiger partial charge is 0.507 e. The van der Waals surface area contributed by atoms with E-state index in [2.05, 4.69) is 4.74 Å². The van der Waals surface area contributed by atoms with Crippen LogP contribution in [0.1, 0.15) is 37.0 Å². The number of benzene rings is 2. The lowest BCUT2D eigenvalue weighted by molar-refractivity contribution is -0.274. The van der Waals surface area contributed by atoms with Crippen LogP contribution in [0.4, 0.5) is 18.9 Å². The number of ether oxygens (including phenoxy) is 2. The molecule has 1 saturated heterocycles. The van der Waals surface area contributed by atoms with Crippen LogP contribution in [-0.2, 0) is 9.59 Å². The second-order valence-electron chi connectivity index (χ2n) is 8.36. The van der Waals surface area contributed by atoms with Crippen molar-refractivity contribution in [2.24, 2.45) is 0 Å². The number of aliphatic hydroxyl groups excluding tert-OH is 1. The topological polar surface area (TPSA) is 89.2 Å². The van der Waals surface area contributed by atoms with Gasteiger partial charge in [-0.2, -0.15) is 0 Å². The Bertz CT molecular complexity index is 1340.